The molecule has 0 spiro atoms. The van der Waals surface area contributed by atoms with Crippen LogP contribution in [0.4, 0.5) is 10.4 Å². The van der Waals surface area contributed by atoms with E-state index in [1.807, 2.05) is 13.8 Å². The van der Waals surface area contributed by atoms with Crippen LogP contribution < -0.4 is 5.32 Å². The maximum Gasteiger partial charge on any atom is 0.321 e. The Hall–Kier alpha value is -1.66. The van der Waals surface area contributed by atoms with Crippen LogP contribution in [0.25, 0.3) is 0 Å². The molecule has 0 aliphatic heterocycles. The molecule has 5 nitrogen and oxygen atoms in total. The Bertz CT molecular complexity index is 589. The van der Waals surface area contributed by atoms with Gasteiger partial charge in [0.05, 0.1) is 11.1 Å². The number of rotatable bonds is 5. The number of anilines is 1. The lowest BCUT2D eigenvalue weighted by Gasteiger charge is -2.11. The predicted octanol–water partition coefficient (Wildman–Crippen LogP) is 3.13. The van der Waals surface area contributed by atoms with Gasteiger partial charge in [-0.3, -0.25) is 0 Å². The van der Waals surface area contributed by atoms with E-state index in [2.05, 4.69) is 15.5 Å². The Morgan fingerprint density at radius 3 is 2.80 bits per heavy atom. The predicted molar refractivity (Wildman–Crippen MR) is 73.2 cm³/mol. The van der Waals surface area contributed by atoms with Crippen molar-refractivity contribution in [2.24, 2.45) is 0 Å². The maximum atomic E-state index is 13.3. The summed E-state index contributed by atoms with van der Waals surface area (Å²) >= 11 is 5.59. The number of hydrogen-bond acceptors (Lipinski definition) is 5. The van der Waals surface area contributed by atoms with E-state index in [9.17, 15) is 9.50 Å². The summed E-state index contributed by atoms with van der Waals surface area (Å²) < 4.78 is 18.3. The third kappa shape index (κ3) is 3.46. The van der Waals surface area contributed by atoms with Gasteiger partial charge >= 0.3 is 6.01 Å². The lowest BCUT2D eigenvalue weighted by Crippen LogP contribution is -2.12. The standard InChI is InChI=1S/C13H15ClFN3O2/c1-7(2)12-17-13(20-18-12)16-6-11(19)8-3-4-9(14)10(15)5-8/h3-5,7,11,19H,6H2,1-2H3,(H,16,17,18). The zero-order valence-electron chi connectivity index (χ0n) is 11.1. The number of aliphatic hydroxyl groups excluding tert-OH is 1. The largest absolute Gasteiger partial charge is 0.387 e. The van der Waals surface area contributed by atoms with Gasteiger partial charge in [0.2, 0.25) is 0 Å². The van der Waals surface area contributed by atoms with Crippen molar-refractivity contribution in [2.45, 2.75) is 25.9 Å². The third-order valence-corrected chi connectivity index (χ3v) is 3.04. The number of nitrogens with one attached hydrogen (secondary N) is 1. The van der Waals surface area contributed by atoms with Gasteiger partial charge in [-0.25, -0.2) is 4.39 Å². The van der Waals surface area contributed by atoms with E-state index in [0.717, 1.165) is 0 Å². The minimum Gasteiger partial charge on any atom is -0.387 e. The van der Waals surface area contributed by atoms with Gasteiger partial charge in [-0.1, -0.05) is 36.7 Å². The topological polar surface area (TPSA) is 71.2 Å². The van der Waals surface area contributed by atoms with Crippen molar-refractivity contribution in [1.82, 2.24) is 10.1 Å². The molecule has 0 fully saturated rings. The Morgan fingerprint density at radius 2 is 2.20 bits per heavy atom. The fourth-order valence-corrected chi connectivity index (χ4v) is 1.68. The highest BCUT2D eigenvalue weighted by atomic mass is 35.5. The third-order valence-electron chi connectivity index (χ3n) is 2.73. The number of benzene rings is 1. The molecule has 0 radical (unpaired) electrons. The molecule has 0 saturated heterocycles. The summed E-state index contributed by atoms with van der Waals surface area (Å²) in [6, 6.07) is 4.38. The van der Waals surface area contributed by atoms with Gasteiger partial charge in [-0.2, -0.15) is 4.98 Å². The van der Waals surface area contributed by atoms with E-state index in [0.29, 0.717) is 11.4 Å². The summed E-state index contributed by atoms with van der Waals surface area (Å²) in [6.07, 6.45) is -0.906. The number of hydrogen-bond donors (Lipinski definition) is 2. The van der Waals surface area contributed by atoms with Crippen LogP contribution in [0, 0.1) is 5.82 Å². The molecule has 1 aromatic heterocycles. The first-order valence-electron chi connectivity index (χ1n) is 6.18. The first kappa shape index (κ1) is 14.7. The highest BCUT2D eigenvalue weighted by Gasteiger charge is 2.13. The zero-order chi connectivity index (χ0) is 14.7. The van der Waals surface area contributed by atoms with Crippen LogP contribution in [0.1, 0.15) is 37.3 Å². The fourth-order valence-electron chi connectivity index (χ4n) is 1.56. The molecular formula is C13H15ClFN3O2. The Kier molecular flexibility index (Phi) is 4.57. The van der Waals surface area contributed by atoms with Crippen molar-refractivity contribution in [2.75, 3.05) is 11.9 Å². The molecule has 2 N–H and O–H groups in total. The lowest BCUT2D eigenvalue weighted by atomic mass is 10.1. The molecule has 0 aliphatic carbocycles. The molecule has 1 heterocycles. The van der Waals surface area contributed by atoms with Crippen LogP contribution in [0.2, 0.25) is 5.02 Å². The summed E-state index contributed by atoms with van der Waals surface area (Å²) in [5.41, 5.74) is 0.419. The van der Waals surface area contributed by atoms with Crippen molar-refractivity contribution < 1.29 is 14.0 Å². The quantitative estimate of drug-likeness (QED) is 0.887. The minimum absolute atomic E-state index is 0.0207. The van der Waals surface area contributed by atoms with Gasteiger partial charge in [-0.05, 0) is 17.7 Å². The second-order valence-corrected chi connectivity index (χ2v) is 5.09. The maximum absolute atomic E-state index is 13.3. The zero-order valence-corrected chi connectivity index (χ0v) is 11.9. The molecule has 1 aromatic carbocycles. The van der Waals surface area contributed by atoms with E-state index in [1.165, 1.54) is 12.1 Å². The molecule has 7 heteroatoms. The van der Waals surface area contributed by atoms with Gasteiger partial charge in [0.1, 0.15) is 5.82 Å². The molecule has 20 heavy (non-hydrogen) atoms. The average molecular weight is 300 g/mol. The fraction of sp³-hybridized carbons (Fsp3) is 0.385. The van der Waals surface area contributed by atoms with Gasteiger partial charge in [0, 0.05) is 12.5 Å². The van der Waals surface area contributed by atoms with E-state index >= 15 is 0 Å². The van der Waals surface area contributed by atoms with E-state index in [-0.39, 0.29) is 23.5 Å². The van der Waals surface area contributed by atoms with Gasteiger partial charge in [-0.15, -0.1) is 0 Å². The molecular weight excluding hydrogens is 285 g/mol. The Labute approximate surface area is 120 Å². The van der Waals surface area contributed by atoms with Crippen molar-refractivity contribution >= 4 is 17.6 Å². The second-order valence-electron chi connectivity index (χ2n) is 4.68. The van der Waals surface area contributed by atoms with Crippen LogP contribution >= 0.6 is 11.6 Å². The highest BCUT2D eigenvalue weighted by Crippen LogP contribution is 2.21. The van der Waals surface area contributed by atoms with E-state index in [1.54, 1.807) is 6.07 Å². The Balaban J connectivity index is 1.97. The molecule has 2 aromatic rings. The number of nitrogens with zero attached hydrogens (tertiary/aromatic N) is 2. The molecule has 108 valence electrons. The SMILES string of the molecule is CC(C)c1noc(NCC(O)c2ccc(Cl)c(F)c2)n1. The van der Waals surface area contributed by atoms with Crippen LogP contribution in [0.3, 0.4) is 0 Å². The van der Waals surface area contributed by atoms with Crippen LogP contribution in [0.15, 0.2) is 22.7 Å². The van der Waals surface area contributed by atoms with Crippen molar-refractivity contribution in [3.63, 3.8) is 0 Å². The smallest absolute Gasteiger partial charge is 0.321 e. The molecule has 0 saturated carbocycles. The first-order valence-corrected chi connectivity index (χ1v) is 6.55. The summed E-state index contributed by atoms with van der Waals surface area (Å²) in [5.74, 6) is 0.173. The molecule has 0 amide bonds. The lowest BCUT2D eigenvalue weighted by molar-refractivity contribution is 0.190. The van der Waals surface area contributed by atoms with E-state index < -0.39 is 11.9 Å². The van der Waals surface area contributed by atoms with Crippen molar-refractivity contribution in [3.05, 3.63) is 40.4 Å². The summed E-state index contributed by atoms with van der Waals surface area (Å²) in [7, 11) is 0. The summed E-state index contributed by atoms with van der Waals surface area (Å²) in [6.45, 7) is 4.01. The normalized spacial score (nSPS) is 12.7. The molecule has 2 rings (SSSR count). The number of halogens is 2. The summed E-state index contributed by atoms with van der Waals surface area (Å²) in [4.78, 5) is 4.11. The van der Waals surface area contributed by atoms with Crippen LogP contribution in [-0.2, 0) is 0 Å². The van der Waals surface area contributed by atoms with E-state index in [4.69, 9.17) is 16.1 Å². The first-order chi connectivity index (χ1) is 9.47. The summed E-state index contributed by atoms with van der Waals surface area (Å²) in [5, 5.41) is 16.6. The average Bonchev–Trinajstić information content (AvgIpc) is 2.88. The van der Waals surface area contributed by atoms with Gasteiger partial charge in [0.15, 0.2) is 5.82 Å². The Morgan fingerprint density at radius 1 is 1.45 bits per heavy atom. The van der Waals surface area contributed by atoms with Gasteiger partial charge < -0.3 is 14.9 Å². The number of aromatic nitrogens is 2. The minimum atomic E-state index is -0.906. The second kappa shape index (κ2) is 6.19. The van der Waals surface area contributed by atoms with Crippen molar-refractivity contribution in [3.8, 4) is 0 Å². The molecule has 0 bridgehead atoms. The highest BCUT2D eigenvalue weighted by molar-refractivity contribution is 6.30. The van der Waals surface area contributed by atoms with Crippen molar-refractivity contribution in [1.29, 1.82) is 0 Å². The van der Waals surface area contributed by atoms with Crippen LogP contribution in [0.5, 0.6) is 0 Å². The molecule has 0 aliphatic rings. The van der Waals surface area contributed by atoms with Gasteiger partial charge in [0.25, 0.3) is 0 Å². The number of aliphatic hydroxyl groups is 1. The molecule has 1 unspecified atom stereocenters. The molecule has 1 atom stereocenters. The van der Waals surface area contributed by atoms with Crippen LogP contribution in [-0.4, -0.2) is 21.8 Å². The monoisotopic (exact) mass is 299 g/mol.